The van der Waals surface area contributed by atoms with E-state index in [-0.39, 0.29) is 0 Å². The van der Waals surface area contributed by atoms with Gasteiger partial charge in [-0.15, -0.1) is 11.3 Å². The van der Waals surface area contributed by atoms with Crippen molar-refractivity contribution >= 4 is 11.3 Å². The first-order valence-electron chi connectivity index (χ1n) is 9.00. The van der Waals surface area contributed by atoms with Crippen molar-refractivity contribution in [1.29, 1.82) is 0 Å². The smallest absolute Gasteiger partial charge is 0.226 e. The Morgan fingerprint density at radius 1 is 0.571 bits per heavy atom. The van der Waals surface area contributed by atoms with Gasteiger partial charge in [0, 0.05) is 22.9 Å². The number of hydrogen-bond acceptors (Lipinski definition) is 4. The number of thiazole rings is 1. The maximum atomic E-state index is 5.94. The molecule has 0 amide bonds. The van der Waals surface area contributed by atoms with E-state index >= 15 is 0 Å². The largest absolute Gasteiger partial charge is 0.436 e. The second-order valence-electron chi connectivity index (χ2n) is 6.37. The molecule has 5 rings (SSSR count). The number of nitrogens with zero attached hydrogens (tertiary/aromatic N) is 2. The average Bonchev–Trinajstić information content (AvgIpc) is 3.46. The maximum Gasteiger partial charge on any atom is 0.226 e. The third-order valence-corrected chi connectivity index (χ3v) is 5.60. The summed E-state index contributed by atoms with van der Waals surface area (Å²) < 4.78 is 5.94. The van der Waals surface area contributed by atoms with Crippen molar-refractivity contribution in [3.8, 4) is 43.8 Å². The average molecular weight is 380 g/mol. The van der Waals surface area contributed by atoms with Crippen molar-refractivity contribution in [3.63, 3.8) is 0 Å². The first kappa shape index (κ1) is 16.7. The van der Waals surface area contributed by atoms with E-state index in [1.54, 1.807) is 17.5 Å². The molecule has 5 aromatic rings. The van der Waals surface area contributed by atoms with Crippen LogP contribution in [0.5, 0.6) is 0 Å². The van der Waals surface area contributed by atoms with Gasteiger partial charge in [0.2, 0.25) is 5.89 Å². The van der Waals surface area contributed by atoms with Crippen molar-refractivity contribution in [2.24, 2.45) is 0 Å². The fourth-order valence-corrected chi connectivity index (χ4v) is 3.97. The van der Waals surface area contributed by atoms with Crippen LogP contribution in [-0.2, 0) is 0 Å². The highest BCUT2D eigenvalue weighted by Gasteiger charge is 2.10. The molecule has 0 radical (unpaired) electrons. The lowest BCUT2D eigenvalue weighted by atomic mass is 10.1. The Hall–Kier alpha value is -3.50. The second kappa shape index (κ2) is 7.25. The summed E-state index contributed by atoms with van der Waals surface area (Å²) in [6.45, 7) is 0. The van der Waals surface area contributed by atoms with Gasteiger partial charge in [-0.05, 0) is 17.7 Å². The van der Waals surface area contributed by atoms with Crippen LogP contribution in [0.25, 0.3) is 43.8 Å². The van der Waals surface area contributed by atoms with Crippen LogP contribution in [0.1, 0.15) is 0 Å². The summed E-state index contributed by atoms with van der Waals surface area (Å²) in [7, 11) is 0. The molecule has 28 heavy (non-hydrogen) atoms. The highest BCUT2D eigenvalue weighted by Crippen LogP contribution is 2.33. The fourth-order valence-electron chi connectivity index (χ4n) is 3.04. The number of aromatic nitrogens is 2. The molecule has 0 saturated heterocycles. The van der Waals surface area contributed by atoms with E-state index in [0.29, 0.717) is 5.89 Å². The van der Waals surface area contributed by atoms with Gasteiger partial charge in [0.15, 0.2) is 5.76 Å². The molecule has 0 unspecified atom stereocenters. The minimum atomic E-state index is 0.620. The van der Waals surface area contributed by atoms with Gasteiger partial charge in [0.25, 0.3) is 0 Å². The summed E-state index contributed by atoms with van der Waals surface area (Å²) in [5.41, 5.74) is 4.25. The van der Waals surface area contributed by atoms with Crippen LogP contribution in [0.2, 0.25) is 0 Å². The number of oxazole rings is 1. The van der Waals surface area contributed by atoms with E-state index in [1.165, 1.54) is 10.4 Å². The van der Waals surface area contributed by atoms with Crippen molar-refractivity contribution in [2.75, 3.05) is 0 Å². The molecule has 4 heteroatoms. The van der Waals surface area contributed by atoms with Gasteiger partial charge in [0.05, 0.1) is 11.1 Å². The Bertz CT molecular complexity index is 1100. The summed E-state index contributed by atoms with van der Waals surface area (Å²) in [5, 5.41) is 1.00. The van der Waals surface area contributed by atoms with Gasteiger partial charge < -0.3 is 4.42 Å². The van der Waals surface area contributed by atoms with E-state index in [2.05, 4.69) is 34.2 Å². The molecule has 0 spiro atoms. The minimum absolute atomic E-state index is 0.620. The van der Waals surface area contributed by atoms with Gasteiger partial charge in [0.1, 0.15) is 5.01 Å². The van der Waals surface area contributed by atoms with E-state index in [4.69, 9.17) is 4.42 Å². The third-order valence-electron chi connectivity index (χ3n) is 4.51. The molecule has 3 nitrogen and oxygen atoms in total. The SMILES string of the molecule is c1ccc(-c2cnc(-c3ccc(-c4ncc(-c5ccccc5)s4)cc3)o2)cc1. The number of hydrogen-bond donors (Lipinski definition) is 0. The van der Waals surface area contributed by atoms with Crippen molar-refractivity contribution < 1.29 is 4.42 Å². The van der Waals surface area contributed by atoms with Crippen LogP contribution in [0.4, 0.5) is 0 Å². The molecule has 0 fully saturated rings. The zero-order chi connectivity index (χ0) is 18.8. The van der Waals surface area contributed by atoms with E-state index in [9.17, 15) is 0 Å². The van der Waals surface area contributed by atoms with Gasteiger partial charge in [-0.3, -0.25) is 0 Å². The Kier molecular flexibility index (Phi) is 4.31. The van der Waals surface area contributed by atoms with Crippen LogP contribution in [-0.4, -0.2) is 9.97 Å². The highest BCUT2D eigenvalue weighted by molar-refractivity contribution is 7.18. The molecule has 0 atom stereocenters. The molecule has 0 aliphatic heterocycles. The summed E-state index contributed by atoms with van der Waals surface area (Å²) in [5.74, 6) is 1.39. The van der Waals surface area contributed by atoms with Crippen LogP contribution < -0.4 is 0 Å². The molecule has 0 aliphatic rings. The third kappa shape index (κ3) is 3.26. The zero-order valence-electron chi connectivity index (χ0n) is 14.9. The van der Waals surface area contributed by atoms with Crippen LogP contribution in [0.3, 0.4) is 0 Å². The zero-order valence-corrected chi connectivity index (χ0v) is 15.8. The number of rotatable bonds is 4. The second-order valence-corrected chi connectivity index (χ2v) is 7.40. The molecule has 0 N–H and O–H groups in total. The standard InChI is InChI=1S/C24H16N2OS/c1-3-7-17(8-4-1)21-15-25-23(27-21)19-11-13-20(14-12-19)24-26-16-22(28-24)18-9-5-2-6-10-18/h1-16H. The van der Waals surface area contributed by atoms with E-state index in [0.717, 1.165) is 27.5 Å². The minimum Gasteiger partial charge on any atom is -0.436 e. The molecule has 134 valence electrons. The van der Waals surface area contributed by atoms with Gasteiger partial charge >= 0.3 is 0 Å². The summed E-state index contributed by atoms with van der Waals surface area (Å²) in [4.78, 5) is 10.2. The van der Waals surface area contributed by atoms with Crippen LogP contribution >= 0.6 is 11.3 Å². The maximum absolute atomic E-state index is 5.94. The lowest BCUT2D eigenvalue weighted by Gasteiger charge is -1.99. The first-order valence-corrected chi connectivity index (χ1v) is 9.82. The monoisotopic (exact) mass is 380 g/mol. The molecule has 0 bridgehead atoms. The van der Waals surface area contributed by atoms with Crippen molar-refractivity contribution in [1.82, 2.24) is 9.97 Å². The summed E-state index contributed by atoms with van der Waals surface area (Å²) in [6.07, 6.45) is 3.70. The van der Waals surface area contributed by atoms with Gasteiger partial charge in [-0.25, -0.2) is 9.97 Å². The normalized spacial score (nSPS) is 10.9. The quantitative estimate of drug-likeness (QED) is 0.344. The Morgan fingerprint density at radius 3 is 1.93 bits per heavy atom. The fraction of sp³-hybridized carbons (Fsp3) is 0. The number of benzene rings is 3. The summed E-state index contributed by atoms with van der Waals surface area (Å²) >= 11 is 1.69. The highest BCUT2D eigenvalue weighted by atomic mass is 32.1. The Labute approximate surface area is 167 Å². The van der Waals surface area contributed by atoms with Crippen molar-refractivity contribution in [2.45, 2.75) is 0 Å². The topological polar surface area (TPSA) is 38.9 Å². The molecule has 0 saturated carbocycles. The lowest BCUT2D eigenvalue weighted by molar-refractivity contribution is 0.589. The Balaban J connectivity index is 1.40. The van der Waals surface area contributed by atoms with Gasteiger partial charge in [-0.2, -0.15) is 0 Å². The van der Waals surface area contributed by atoms with Crippen molar-refractivity contribution in [3.05, 3.63) is 97.3 Å². The molecular formula is C24H16N2OS. The summed E-state index contributed by atoms with van der Waals surface area (Å²) in [6, 6.07) is 28.5. The molecular weight excluding hydrogens is 364 g/mol. The van der Waals surface area contributed by atoms with E-state index in [1.807, 2.05) is 66.9 Å². The molecule has 3 aromatic carbocycles. The lowest BCUT2D eigenvalue weighted by Crippen LogP contribution is -1.79. The van der Waals surface area contributed by atoms with Crippen LogP contribution in [0, 0.1) is 0 Å². The predicted molar refractivity (Wildman–Crippen MR) is 114 cm³/mol. The Morgan fingerprint density at radius 2 is 1.21 bits per heavy atom. The first-order chi connectivity index (χ1) is 13.9. The molecule has 0 aliphatic carbocycles. The van der Waals surface area contributed by atoms with E-state index < -0.39 is 0 Å². The van der Waals surface area contributed by atoms with Crippen LogP contribution in [0.15, 0.2) is 102 Å². The molecule has 2 aromatic heterocycles. The van der Waals surface area contributed by atoms with Gasteiger partial charge in [-0.1, -0.05) is 72.8 Å². The predicted octanol–water partition coefficient (Wildman–Crippen LogP) is 6.80. The molecule has 2 heterocycles.